The van der Waals surface area contributed by atoms with Crippen LogP contribution in [-0.2, 0) is 0 Å². The van der Waals surface area contributed by atoms with Crippen molar-refractivity contribution in [1.82, 2.24) is 0 Å². The highest BCUT2D eigenvalue weighted by Crippen LogP contribution is 2.23. The van der Waals surface area contributed by atoms with Crippen LogP contribution in [0.1, 0.15) is 39.0 Å². The Labute approximate surface area is 63.6 Å². The predicted octanol–water partition coefficient (Wildman–Crippen LogP) is 3.45. The lowest BCUT2D eigenvalue weighted by atomic mass is 10.2. The molecular weight excluding hydrogens is 120 g/mol. The molecule has 0 spiro atoms. The van der Waals surface area contributed by atoms with E-state index in [4.69, 9.17) is 0 Å². The third-order valence-corrected chi connectivity index (χ3v) is 1.95. The van der Waals surface area contributed by atoms with Crippen LogP contribution in [0.3, 0.4) is 0 Å². The largest absolute Gasteiger partial charge is 0.0848 e. The maximum Gasteiger partial charge on any atom is -0.0317 e. The van der Waals surface area contributed by atoms with Crippen LogP contribution in [0.15, 0.2) is 23.8 Å². The Morgan fingerprint density at radius 1 is 1.30 bits per heavy atom. The molecule has 1 saturated carbocycles. The lowest BCUT2D eigenvalue weighted by molar-refractivity contribution is 0.886. The minimum atomic E-state index is 1.16. The zero-order valence-electron chi connectivity index (χ0n) is 6.77. The molecule has 0 amide bonds. The molecule has 0 heteroatoms. The van der Waals surface area contributed by atoms with E-state index in [0.29, 0.717) is 0 Å². The van der Waals surface area contributed by atoms with Gasteiger partial charge in [-0.05, 0) is 32.1 Å². The molecule has 0 saturated heterocycles. The first kappa shape index (κ1) is 7.59. The normalized spacial score (nSPS) is 18.7. The van der Waals surface area contributed by atoms with Crippen LogP contribution in [0.4, 0.5) is 0 Å². The molecule has 1 rings (SSSR count). The van der Waals surface area contributed by atoms with Crippen molar-refractivity contribution in [2.75, 3.05) is 0 Å². The lowest BCUT2D eigenvalue weighted by Gasteiger charge is -1.88. The molecule has 0 heterocycles. The van der Waals surface area contributed by atoms with Gasteiger partial charge in [0.15, 0.2) is 0 Å². The summed E-state index contributed by atoms with van der Waals surface area (Å²) in [6.07, 6.45) is 13.4. The van der Waals surface area contributed by atoms with Crippen LogP contribution in [0.2, 0.25) is 0 Å². The predicted molar refractivity (Wildman–Crippen MR) is 46.0 cm³/mol. The molecule has 1 fully saturated rings. The first-order valence-corrected chi connectivity index (χ1v) is 4.28. The highest BCUT2D eigenvalue weighted by Gasteiger charge is 2.03. The molecule has 0 radical (unpaired) electrons. The van der Waals surface area contributed by atoms with Crippen LogP contribution in [0, 0.1) is 0 Å². The van der Waals surface area contributed by atoms with Gasteiger partial charge in [0.05, 0.1) is 0 Å². The minimum absolute atomic E-state index is 1.16. The highest BCUT2D eigenvalue weighted by atomic mass is 14.1. The van der Waals surface area contributed by atoms with Crippen LogP contribution in [0.5, 0.6) is 0 Å². The van der Waals surface area contributed by atoms with Crippen LogP contribution < -0.4 is 0 Å². The van der Waals surface area contributed by atoms with Crippen molar-refractivity contribution in [2.45, 2.75) is 39.0 Å². The van der Waals surface area contributed by atoms with Gasteiger partial charge >= 0.3 is 0 Å². The quantitative estimate of drug-likeness (QED) is 0.545. The van der Waals surface area contributed by atoms with Crippen molar-refractivity contribution in [2.24, 2.45) is 0 Å². The summed E-state index contributed by atoms with van der Waals surface area (Å²) in [6, 6.07) is 0. The molecule has 0 nitrogen and oxygen atoms in total. The molecule has 0 aromatic rings. The van der Waals surface area contributed by atoms with E-state index >= 15 is 0 Å². The van der Waals surface area contributed by atoms with E-state index in [1.807, 2.05) is 0 Å². The van der Waals surface area contributed by atoms with Crippen molar-refractivity contribution >= 4 is 0 Å². The Bertz CT molecular complexity index is 132. The lowest BCUT2D eigenvalue weighted by Crippen LogP contribution is -1.67. The molecule has 0 aliphatic heterocycles. The Hall–Kier alpha value is -0.520. The second kappa shape index (κ2) is 4.32. The zero-order valence-corrected chi connectivity index (χ0v) is 6.77. The Morgan fingerprint density at radius 3 is 2.60 bits per heavy atom. The highest BCUT2D eigenvalue weighted by molar-refractivity contribution is 5.14. The first-order chi connectivity index (χ1) is 4.93. The number of hydrogen-bond donors (Lipinski definition) is 0. The molecule has 0 aromatic carbocycles. The molecule has 1 aliphatic carbocycles. The van der Waals surface area contributed by atoms with Gasteiger partial charge in [-0.1, -0.05) is 30.7 Å². The summed E-state index contributed by atoms with van der Waals surface area (Å²) < 4.78 is 0. The van der Waals surface area contributed by atoms with Crippen molar-refractivity contribution in [3.05, 3.63) is 23.8 Å². The number of allylic oxidation sites excluding steroid dienone is 4. The smallest absolute Gasteiger partial charge is 0.0317 e. The van der Waals surface area contributed by atoms with E-state index in [-0.39, 0.29) is 0 Å². The maximum absolute atomic E-state index is 2.29. The van der Waals surface area contributed by atoms with Gasteiger partial charge in [-0.15, -0.1) is 0 Å². The molecule has 0 N–H and O–H groups in total. The molecular formula is C10H16. The van der Waals surface area contributed by atoms with Gasteiger partial charge in [0.25, 0.3) is 0 Å². The summed E-state index contributed by atoms with van der Waals surface area (Å²) >= 11 is 0. The second-order valence-electron chi connectivity index (χ2n) is 2.87. The maximum atomic E-state index is 2.29. The third kappa shape index (κ3) is 2.38. The van der Waals surface area contributed by atoms with E-state index < -0.39 is 0 Å². The van der Waals surface area contributed by atoms with E-state index in [0.717, 1.165) is 6.42 Å². The van der Waals surface area contributed by atoms with Gasteiger partial charge in [0.2, 0.25) is 0 Å². The van der Waals surface area contributed by atoms with Crippen molar-refractivity contribution in [3.8, 4) is 0 Å². The molecule has 0 atom stereocenters. The summed E-state index contributed by atoms with van der Waals surface area (Å²) in [4.78, 5) is 0. The topological polar surface area (TPSA) is 0 Å². The number of hydrogen-bond acceptors (Lipinski definition) is 0. The van der Waals surface area contributed by atoms with Gasteiger partial charge in [-0.25, -0.2) is 0 Å². The van der Waals surface area contributed by atoms with Gasteiger partial charge in [-0.3, -0.25) is 0 Å². The van der Waals surface area contributed by atoms with Gasteiger partial charge in [-0.2, -0.15) is 0 Å². The summed E-state index contributed by atoms with van der Waals surface area (Å²) in [5.41, 5.74) is 1.64. The Balaban J connectivity index is 2.31. The zero-order chi connectivity index (χ0) is 7.23. The van der Waals surface area contributed by atoms with E-state index in [1.165, 1.54) is 25.7 Å². The molecule has 0 bridgehead atoms. The second-order valence-corrected chi connectivity index (χ2v) is 2.87. The van der Waals surface area contributed by atoms with Gasteiger partial charge in [0, 0.05) is 0 Å². The average molecular weight is 136 g/mol. The fraction of sp³-hybridized carbons (Fsp3) is 0.600. The Kier molecular flexibility index (Phi) is 3.28. The third-order valence-electron chi connectivity index (χ3n) is 1.95. The standard InChI is InChI=1S/C10H16/c1-2-3-4-7-10-8-5-6-9-10/h3-4,7H,2,5-6,8-9H2,1H3/b4-3-. The molecule has 10 heavy (non-hydrogen) atoms. The summed E-state index contributed by atoms with van der Waals surface area (Å²) in [6.45, 7) is 2.17. The Morgan fingerprint density at radius 2 is 2.00 bits per heavy atom. The summed E-state index contributed by atoms with van der Waals surface area (Å²) in [5.74, 6) is 0. The van der Waals surface area contributed by atoms with Gasteiger partial charge in [0.1, 0.15) is 0 Å². The van der Waals surface area contributed by atoms with E-state index in [1.54, 1.807) is 5.57 Å². The van der Waals surface area contributed by atoms with Gasteiger partial charge < -0.3 is 0 Å². The fourth-order valence-electron chi connectivity index (χ4n) is 1.34. The molecule has 1 aliphatic rings. The van der Waals surface area contributed by atoms with Crippen LogP contribution in [-0.4, -0.2) is 0 Å². The molecule has 56 valence electrons. The molecule has 0 unspecified atom stereocenters. The SMILES string of the molecule is CC/C=C\C=C1CCCC1. The van der Waals surface area contributed by atoms with Crippen molar-refractivity contribution in [3.63, 3.8) is 0 Å². The van der Waals surface area contributed by atoms with E-state index in [2.05, 4.69) is 25.2 Å². The minimum Gasteiger partial charge on any atom is -0.0848 e. The van der Waals surface area contributed by atoms with E-state index in [9.17, 15) is 0 Å². The summed E-state index contributed by atoms with van der Waals surface area (Å²) in [7, 11) is 0. The van der Waals surface area contributed by atoms with Crippen molar-refractivity contribution < 1.29 is 0 Å². The first-order valence-electron chi connectivity index (χ1n) is 4.28. The number of rotatable bonds is 2. The summed E-state index contributed by atoms with van der Waals surface area (Å²) in [5, 5.41) is 0. The molecule has 0 aromatic heterocycles. The fourth-order valence-corrected chi connectivity index (χ4v) is 1.34. The monoisotopic (exact) mass is 136 g/mol. The van der Waals surface area contributed by atoms with Crippen molar-refractivity contribution in [1.29, 1.82) is 0 Å². The average Bonchev–Trinajstić information content (AvgIpc) is 2.41. The van der Waals surface area contributed by atoms with Crippen LogP contribution in [0.25, 0.3) is 0 Å². The van der Waals surface area contributed by atoms with Crippen LogP contribution >= 0.6 is 0 Å².